The number of nitrogens with one attached hydrogen (secondary N) is 1. The van der Waals surface area contributed by atoms with Gasteiger partial charge in [0.1, 0.15) is 13.2 Å². The van der Waals surface area contributed by atoms with Gasteiger partial charge in [0.2, 0.25) is 0 Å². The highest BCUT2D eigenvalue weighted by molar-refractivity contribution is 6.38. The number of halogens is 1. The Hall–Kier alpha value is -2.01. The summed E-state index contributed by atoms with van der Waals surface area (Å²) < 4.78 is 11.2. The van der Waals surface area contributed by atoms with Crippen LogP contribution in [0.1, 0.15) is 43.0 Å². The van der Waals surface area contributed by atoms with E-state index in [0.717, 1.165) is 31.6 Å². The van der Waals surface area contributed by atoms with Crippen LogP contribution >= 0.6 is 11.6 Å². The van der Waals surface area contributed by atoms with E-state index in [0.29, 0.717) is 46.2 Å². The number of rotatable bonds is 2. The van der Waals surface area contributed by atoms with Gasteiger partial charge in [0.25, 0.3) is 5.91 Å². The molecule has 1 saturated carbocycles. The van der Waals surface area contributed by atoms with Crippen molar-refractivity contribution in [2.24, 2.45) is 5.92 Å². The molecule has 1 N–H and O–H groups in total. The van der Waals surface area contributed by atoms with E-state index in [4.69, 9.17) is 21.1 Å². The van der Waals surface area contributed by atoms with Crippen LogP contribution in [0.2, 0.25) is 5.02 Å². The van der Waals surface area contributed by atoms with Crippen LogP contribution in [0.3, 0.4) is 0 Å². The highest BCUT2D eigenvalue weighted by Crippen LogP contribution is 2.37. The maximum atomic E-state index is 12.7. The van der Waals surface area contributed by atoms with E-state index in [2.05, 4.69) is 17.2 Å². The molecule has 0 radical (unpaired) electrons. The molecule has 2 heterocycles. The molecule has 25 heavy (non-hydrogen) atoms. The number of nitrogens with zero attached hydrogens (tertiary/aromatic N) is 1. The van der Waals surface area contributed by atoms with Gasteiger partial charge in [-0.05, 0) is 37.7 Å². The Bertz CT molecular complexity index is 816. The first-order chi connectivity index (χ1) is 12.1. The van der Waals surface area contributed by atoms with E-state index in [1.807, 2.05) is 0 Å². The quantitative estimate of drug-likeness (QED) is 0.880. The maximum absolute atomic E-state index is 12.7. The lowest BCUT2D eigenvalue weighted by molar-refractivity contribution is 0.0923. The summed E-state index contributed by atoms with van der Waals surface area (Å²) in [6.07, 6.45) is 5.88. The Balaban J connectivity index is 1.61. The largest absolute Gasteiger partial charge is 0.486 e. The van der Waals surface area contributed by atoms with E-state index in [1.165, 1.54) is 0 Å². The topological polar surface area (TPSA) is 60.5 Å². The van der Waals surface area contributed by atoms with Crippen molar-refractivity contribution in [3.05, 3.63) is 28.9 Å². The average Bonchev–Trinajstić information content (AvgIpc) is 2.62. The van der Waals surface area contributed by atoms with Gasteiger partial charge >= 0.3 is 0 Å². The second-order valence-electron chi connectivity index (χ2n) is 6.93. The summed E-state index contributed by atoms with van der Waals surface area (Å²) in [4.78, 5) is 17.1. The van der Waals surface area contributed by atoms with Crippen molar-refractivity contribution in [2.75, 3.05) is 13.2 Å². The van der Waals surface area contributed by atoms with Gasteiger partial charge in [0.15, 0.2) is 11.5 Å². The Morgan fingerprint density at radius 2 is 1.84 bits per heavy atom. The first-order valence-corrected chi connectivity index (χ1v) is 9.18. The van der Waals surface area contributed by atoms with E-state index < -0.39 is 0 Å². The Kier molecular flexibility index (Phi) is 4.42. The van der Waals surface area contributed by atoms with Gasteiger partial charge < -0.3 is 14.8 Å². The highest BCUT2D eigenvalue weighted by atomic mass is 35.5. The molecule has 2 aliphatic rings. The van der Waals surface area contributed by atoms with Crippen molar-refractivity contribution in [1.82, 2.24) is 10.3 Å². The van der Waals surface area contributed by atoms with Crippen LogP contribution in [0.25, 0.3) is 10.9 Å². The molecule has 0 spiro atoms. The maximum Gasteiger partial charge on any atom is 0.254 e. The van der Waals surface area contributed by atoms with Crippen LogP contribution in [0, 0.1) is 5.92 Å². The third kappa shape index (κ3) is 3.25. The number of hydrogen-bond acceptors (Lipinski definition) is 4. The number of fused-ring (bicyclic) bond motifs is 2. The number of carbonyl (C=O) groups is 1. The van der Waals surface area contributed by atoms with Crippen molar-refractivity contribution in [3.63, 3.8) is 0 Å². The number of benzene rings is 1. The summed E-state index contributed by atoms with van der Waals surface area (Å²) in [5, 5.41) is 4.21. The second-order valence-corrected chi connectivity index (χ2v) is 7.31. The van der Waals surface area contributed by atoms with Gasteiger partial charge in [0, 0.05) is 23.7 Å². The molecule has 4 rings (SSSR count). The zero-order valence-electron chi connectivity index (χ0n) is 14.2. The van der Waals surface area contributed by atoms with Gasteiger partial charge in [0.05, 0.1) is 16.1 Å². The Labute approximate surface area is 151 Å². The molecule has 1 aliphatic heterocycles. The summed E-state index contributed by atoms with van der Waals surface area (Å²) in [6.45, 7) is 3.28. The molecular weight excluding hydrogens is 340 g/mol. The van der Waals surface area contributed by atoms with E-state index >= 15 is 0 Å². The molecule has 2 aromatic rings. The number of carbonyl (C=O) groups excluding carboxylic acids is 1. The molecular formula is C19H21ClN2O3. The van der Waals surface area contributed by atoms with Crippen LogP contribution in [0.4, 0.5) is 0 Å². The number of hydrogen-bond donors (Lipinski definition) is 1. The number of pyridine rings is 1. The fraction of sp³-hybridized carbons (Fsp3) is 0.474. The lowest BCUT2D eigenvalue weighted by Crippen LogP contribution is -2.37. The minimum absolute atomic E-state index is 0.158. The fourth-order valence-corrected chi connectivity index (χ4v) is 3.81. The number of aromatic nitrogens is 1. The van der Waals surface area contributed by atoms with Crippen molar-refractivity contribution in [1.29, 1.82) is 0 Å². The second kappa shape index (κ2) is 6.71. The molecule has 1 fully saturated rings. The van der Waals surface area contributed by atoms with Crippen molar-refractivity contribution in [2.45, 2.75) is 38.6 Å². The van der Waals surface area contributed by atoms with Crippen LogP contribution in [-0.2, 0) is 0 Å². The molecule has 6 heteroatoms. The van der Waals surface area contributed by atoms with Crippen molar-refractivity contribution >= 4 is 28.4 Å². The summed E-state index contributed by atoms with van der Waals surface area (Å²) in [7, 11) is 0. The van der Waals surface area contributed by atoms with Crippen molar-refractivity contribution in [3.8, 4) is 11.5 Å². The number of amides is 1. The SMILES string of the molecule is C[C@H]1CC[C@H](NC(=O)c2cnc3cc4c(cc3c2Cl)OCCO4)CC1. The normalized spacial score (nSPS) is 22.6. The standard InChI is InChI=1S/C19H21ClN2O3/c1-11-2-4-12(5-3-11)22-19(23)14-10-21-15-9-17-16(24-6-7-25-17)8-13(15)18(14)20/h8-12H,2-7H2,1H3,(H,22,23)/t11-,12-. The molecule has 1 amide bonds. The van der Waals surface area contributed by atoms with E-state index in [1.54, 1.807) is 18.3 Å². The molecule has 1 aromatic carbocycles. The summed E-state index contributed by atoms with van der Waals surface area (Å²) >= 11 is 6.52. The lowest BCUT2D eigenvalue weighted by atomic mass is 9.87. The Morgan fingerprint density at radius 3 is 2.56 bits per heavy atom. The molecule has 0 atom stereocenters. The van der Waals surface area contributed by atoms with E-state index in [9.17, 15) is 4.79 Å². The molecule has 0 unspecified atom stereocenters. The van der Waals surface area contributed by atoms with Crippen LogP contribution < -0.4 is 14.8 Å². The van der Waals surface area contributed by atoms with Crippen LogP contribution in [0.15, 0.2) is 18.3 Å². The minimum atomic E-state index is -0.158. The van der Waals surface area contributed by atoms with E-state index in [-0.39, 0.29) is 11.9 Å². The van der Waals surface area contributed by atoms with Gasteiger partial charge in [-0.3, -0.25) is 9.78 Å². The molecule has 1 aromatic heterocycles. The van der Waals surface area contributed by atoms with Crippen LogP contribution in [-0.4, -0.2) is 30.1 Å². The summed E-state index contributed by atoms with van der Waals surface area (Å²) in [5.74, 6) is 1.89. The van der Waals surface area contributed by atoms with Gasteiger partial charge in [-0.2, -0.15) is 0 Å². The monoisotopic (exact) mass is 360 g/mol. The lowest BCUT2D eigenvalue weighted by Gasteiger charge is -2.27. The third-order valence-corrected chi connectivity index (χ3v) is 5.47. The fourth-order valence-electron chi connectivity index (χ4n) is 3.52. The number of ether oxygens (including phenoxy) is 2. The smallest absolute Gasteiger partial charge is 0.254 e. The molecule has 132 valence electrons. The van der Waals surface area contributed by atoms with Gasteiger partial charge in [-0.25, -0.2) is 0 Å². The first kappa shape index (κ1) is 16.5. The summed E-state index contributed by atoms with van der Waals surface area (Å²) in [5.41, 5.74) is 1.10. The predicted molar refractivity (Wildman–Crippen MR) is 96.6 cm³/mol. The first-order valence-electron chi connectivity index (χ1n) is 8.80. The zero-order chi connectivity index (χ0) is 17.4. The molecule has 5 nitrogen and oxygen atoms in total. The third-order valence-electron chi connectivity index (χ3n) is 5.06. The molecule has 0 bridgehead atoms. The molecule has 0 saturated heterocycles. The predicted octanol–water partition coefficient (Wildman–Crippen LogP) is 3.97. The zero-order valence-corrected chi connectivity index (χ0v) is 14.9. The van der Waals surface area contributed by atoms with Crippen molar-refractivity contribution < 1.29 is 14.3 Å². The highest BCUT2D eigenvalue weighted by Gasteiger charge is 2.23. The minimum Gasteiger partial charge on any atom is -0.486 e. The Morgan fingerprint density at radius 1 is 1.16 bits per heavy atom. The average molecular weight is 361 g/mol. The van der Waals surface area contributed by atoms with Gasteiger partial charge in [-0.15, -0.1) is 0 Å². The molecule has 1 aliphatic carbocycles. The van der Waals surface area contributed by atoms with Gasteiger partial charge in [-0.1, -0.05) is 18.5 Å². The summed E-state index contributed by atoms with van der Waals surface area (Å²) in [6, 6.07) is 3.83. The van der Waals surface area contributed by atoms with Crippen LogP contribution in [0.5, 0.6) is 11.5 Å².